The fraction of sp³-hybridized carbons (Fsp3) is 0.929. The number of carboxylic acids is 1. The fourth-order valence-electron chi connectivity index (χ4n) is 3.30. The van der Waals surface area contributed by atoms with E-state index in [-0.39, 0.29) is 12.5 Å². The molecule has 0 bridgehead atoms. The van der Waals surface area contributed by atoms with Crippen molar-refractivity contribution in [1.82, 2.24) is 5.32 Å². The standard InChI is InChI=1S/C28H55NO11/c1-2-3-4-5-6-7-8-9-11-33-13-15-35-17-19-37-21-23-39-24-22-38-20-18-36-16-14-34-12-10-29-27(30)25-40-26-28(31)32/h2-26H2,1H3,(H,29,30)(H,31,32). The van der Waals surface area contributed by atoms with E-state index < -0.39 is 12.6 Å². The number of hydrogen-bond acceptors (Lipinski definition) is 10. The molecule has 12 heteroatoms. The first kappa shape index (κ1) is 38.6. The lowest BCUT2D eigenvalue weighted by atomic mass is 10.1. The predicted octanol–water partition coefficient (Wildman–Crippen LogP) is 2.46. The molecule has 238 valence electrons. The molecule has 40 heavy (non-hydrogen) atoms. The maximum Gasteiger partial charge on any atom is 0.329 e. The highest BCUT2D eigenvalue weighted by Crippen LogP contribution is 2.08. The zero-order chi connectivity index (χ0) is 29.2. The maximum absolute atomic E-state index is 11.3. The van der Waals surface area contributed by atoms with Crippen molar-refractivity contribution in [3.63, 3.8) is 0 Å². The Labute approximate surface area is 240 Å². The van der Waals surface area contributed by atoms with Crippen LogP contribution in [0.4, 0.5) is 0 Å². The molecule has 0 aromatic rings. The number of unbranched alkanes of at least 4 members (excludes halogenated alkanes) is 7. The molecule has 0 radical (unpaired) electrons. The summed E-state index contributed by atoms with van der Waals surface area (Å²) in [5, 5.41) is 11.0. The molecule has 0 spiro atoms. The Kier molecular flexibility index (Phi) is 32.7. The summed E-state index contributed by atoms with van der Waals surface area (Å²) in [6.07, 6.45) is 10.5. The van der Waals surface area contributed by atoms with E-state index in [1.807, 2.05) is 0 Å². The third-order valence-electron chi connectivity index (χ3n) is 5.40. The number of hydrogen-bond donors (Lipinski definition) is 2. The molecule has 0 rings (SSSR count). The summed E-state index contributed by atoms with van der Waals surface area (Å²) >= 11 is 0. The SMILES string of the molecule is CCCCCCCCCCOCCOCCOCCOCCOCCOCCOCCNC(=O)COCC(=O)O. The molecule has 0 unspecified atom stereocenters. The van der Waals surface area contributed by atoms with Crippen molar-refractivity contribution < 1.29 is 52.6 Å². The van der Waals surface area contributed by atoms with Crippen LogP contribution in [0.1, 0.15) is 58.3 Å². The quantitative estimate of drug-likeness (QED) is 0.108. The van der Waals surface area contributed by atoms with Gasteiger partial charge in [0, 0.05) is 13.2 Å². The molecule has 0 aliphatic carbocycles. The number of rotatable bonds is 34. The third kappa shape index (κ3) is 34.6. The minimum Gasteiger partial charge on any atom is -0.480 e. The van der Waals surface area contributed by atoms with E-state index in [2.05, 4.69) is 17.0 Å². The molecule has 0 aromatic carbocycles. The van der Waals surface area contributed by atoms with Crippen LogP contribution in [0, 0.1) is 0 Å². The molecule has 0 aliphatic rings. The van der Waals surface area contributed by atoms with E-state index in [1.54, 1.807) is 0 Å². The molecule has 0 aromatic heterocycles. The number of carbonyl (C=O) groups excluding carboxylic acids is 1. The van der Waals surface area contributed by atoms with Gasteiger partial charge in [-0.25, -0.2) is 4.79 Å². The van der Waals surface area contributed by atoms with Crippen molar-refractivity contribution in [3.8, 4) is 0 Å². The van der Waals surface area contributed by atoms with E-state index in [1.165, 1.54) is 44.9 Å². The second-order valence-electron chi connectivity index (χ2n) is 9.00. The summed E-state index contributed by atoms with van der Waals surface area (Å²) in [7, 11) is 0. The first-order valence-electron chi connectivity index (χ1n) is 14.8. The van der Waals surface area contributed by atoms with E-state index in [0.29, 0.717) is 92.4 Å². The Bertz CT molecular complexity index is 540. The fourth-order valence-corrected chi connectivity index (χ4v) is 3.30. The highest BCUT2D eigenvalue weighted by atomic mass is 16.6. The summed E-state index contributed by atoms with van der Waals surface area (Å²) in [4.78, 5) is 21.6. The normalized spacial score (nSPS) is 11.2. The molecule has 0 saturated heterocycles. The summed E-state index contributed by atoms with van der Waals surface area (Å²) in [5.74, 6) is -1.50. The van der Waals surface area contributed by atoms with Gasteiger partial charge in [0.25, 0.3) is 0 Å². The number of carboxylic acid groups (broad SMARTS) is 1. The second kappa shape index (κ2) is 33.8. The van der Waals surface area contributed by atoms with Crippen LogP contribution in [0.2, 0.25) is 0 Å². The number of aliphatic carboxylic acids is 1. The maximum atomic E-state index is 11.3. The van der Waals surface area contributed by atoms with Crippen LogP contribution in [-0.2, 0) is 47.5 Å². The molecule has 1 amide bonds. The van der Waals surface area contributed by atoms with Gasteiger partial charge in [-0.1, -0.05) is 51.9 Å². The minimum absolute atomic E-state index is 0.292. The van der Waals surface area contributed by atoms with Gasteiger partial charge in [-0.15, -0.1) is 0 Å². The highest BCUT2D eigenvalue weighted by Gasteiger charge is 2.03. The monoisotopic (exact) mass is 581 g/mol. The van der Waals surface area contributed by atoms with Gasteiger partial charge in [0.05, 0.1) is 85.9 Å². The van der Waals surface area contributed by atoms with E-state index in [0.717, 1.165) is 13.0 Å². The molecular formula is C28H55NO11. The Morgan fingerprint density at radius 2 is 0.850 bits per heavy atom. The van der Waals surface area contributed by atoms with Crippen LogP contribution in [0.5, 0.6) is 0 Å². The van der Waals surface area contributed by atoms with Crippen molar-refractivity contribution in [2.75, 3.05) is 112 Å². The number of carbonyl (C=O) groups is 2. The van der Waals surface area contributed by atoms with Crippen LogP contribution in [0.15, 0.2) is 0 Å². The van der Waals surface area contributed by atoms with Gasteiger partial charge in [-0.2, -0.15) is 0 Å². The highest BCUT2D eigenvalue weighted by molar-refractivity contribution is 5.77. The van der Waals surface area contributed by atoms with E-state index in [9.17, 15) is 9.59 Å². The van der Waals surface area contributed by atoms with Gasteiger partial charge in [0.15, 0.2) is 0 Å². The topological polar surface area (TPSA) is 140 Å². The van der Waals surface area contributed by atoms with Gasteiger partial charge in [-0.3, -0.25) is 4.79 Å². The van der Waals surface area contributed by atoms with Crippen molar-refractivity contribution >= 4 is 11.9 Å². The van der Waals surface area contributed by atoms with Crippen molar-refractivity contribution in [3.05, 3.63) is 0 Å². The summed E-state index contributed by atoms with van der Waals surface area (Å²) in [6, 6.07) is 0. The lowest BCUT2D eigenvalue weighted by Crippen LogP contribution is -2.31. The zero-order valence-corrected chi connectivity index (χ0v) is 24.7. The summed E-state index contributed by atoms with van der Waals surface area (Å²) in [6.45, 7) is 8.97. The van der Waals surface area contributed by atoms with Crippen LogP contribution < -0.4 is 5.32 Å². The van der Waals surface area contributed by atoms with Crippen LogP contribution in [0.25, 0.3) is 0 Å². The first-order valence-corrected chi connectivity index (χ1v) is 14.8. The second-order valence-corrected chi connectivity index (χ2v) is 9.00. The molecule has 0 saturated carbocycles. The molecule has 0 fully saturated rings. The van der Waals surface area contributed by atoms with Crippen molar-refractivity contribution in [2.24, 2.45) is 0 Å². The van der Waals surface area contributed by atoms with Gasteiger partial charge >= 0.3 is 5.97 Å². The summed E-state index contributed by atoms with van der Waals surface area (Å²) in [5.41, 5.74) is 0. The average Bonchev–Trinajstić information content (AvgIpc) is 2.94. The molecule has 0 aliphatic heterocycles. The Morgan fingerprint density at radius 1 is 0.475 bits per heavy atom. The van der Waals surface area contributed by atoms with Gasteiger partial charge in [0.1, 0.15) is 13.2 Å². The van der Waals surface area contributed by atoms with Gasteiger partial charge in [0.2, 0.25) is 5.91 Å². The average molecular weight is 582 g/mol. The Hall–Kier alpha value is -1.38. The number of nitrogens with one attached hydrogen (secondary N) is 1. The molecule has 0 heterocycles. The lowest BCUT2D eigenvalue weighted by molar-refractivity contribution is -0.143. The predicted molar refractivity (Wildman–Crippen MR) is 150 cm³/mol. The van der Waals surface area contributed by atoms with Crippen molar-refractivity contribution in [2.45, 2.75) is 58.3 Å². The Morgan fingerprint density at radius 3 is 1.27 bits per heavy atom. The third-order valence-corrected chi connectivity index (χ3v) is 5.40. The number of amides is 1. The smallest absolute Gasteiger partial charge is 0.329 e. The lowest BCUT2D eigenvalue weighted by Gasteiger charge is -2.09. The molecule has 12 nitrogen and oxygen atoms in total. The summed E-state index contributed by atoms with van der Waals surface area (Å²) < 4.78 is 42.8. The Balaban J connectivity index is 3.08. The minimum atomic E-state index is -1.12. The van der Waals surface area contributed by atoms with Gasteiger partial charge < -0.3 is 48.3 Å². The van der Waals surface area contributed by atoms with Crippen LogP contribution >= 0.6 is 0 Å². The van der Waals surface area contributed by atoms with Gasteiger partial charge in [-0.05, 0) is 6.42 Å². The van der Waals surface area contributed by atoms with Crippen molar-refractivity contribution in [1.29, 1.82) is 0 Å². The van der Waals surface area contributed by atoms with Crippen LogP contribution in [-0.4, -0.2) is 129 Å². The molecule has 0 atom stereocenters. The largest absolute Gasteiger partial charge is 0.480 e. The van der Waals surface area contributed by atoms with E-state index >= 15 is 0 Å². The zero-order valence-electron chi connectivity index (χ0n) is 24.7. The first-order chi connectivity index (χ1) is 19.7. The molecular weight excluding hydrogens is 526 g/mol. The van der Waals surface area contributed by atoms with Crippen LogP contribution in [0.3, 0.4) is 0 Å². The van der Waals surface area contributed by atoms with E-state index in [4.69, 9.17) is 38.3 Å². The number of ether oxygens (including phenoxy) is 8. The molecule has 2 N–H and O–H groups in total.